The van der Waals surface area contributed by atoms with Crippen molar-refractivity contribution in [3.8, 4) is 0 Å². The second-order valence-electron chi connectivity index (χ2n) is 5.83. The molecule has 138 valence electrons. The van der Waals surface area contributed by atoms with Crippen molar-refractivity contribution in [1.82, 2.24) is 29.8 Å². The van der Waals surface area contributed by atoms with Gasteiger partial charge in [0.1, 0.15) is 6.67 Å². The number of anilines is 1. The molecule has 0 atom stereocenters. The van der Waals surface area contributed by atoms with Crippen molar-refractivity contribution in [2.75, 3.05) is 5.32 Å². The molecule has 1 amide bonds. The van der Waals surface area contributed by atoms with E-state index in [9.17, 15) is 18.0 Å². The molecule has 2 N–H and O–H groups in total. The maximum absolute atomic E-state index is 12.9. The van der Waals surface area contributed by atoms with E-state index in [1.807, 2.05) is 19.9 Å². The van der Waals surface area contributed by atoms with Crippen molar-refractivity contribution >= 4 is 11.6 Å². The first kappa shape index (κ1) is 17.7. The van der Waals surface area contributed by atoms with Crippen LogP contribution in [0.4, 0.5) is 18.9 Å². The summed E-state index contributed by atoms with van der Waals surface area (Å²) in [7, 11) is 0. The van der Waals surface area contributed by atoms with E-state index in [0.29, 0.717) is 0 Å². The Kier molecular flexibility index (Phi) is 4.30. The average molecular weight is 367 g/mol. The Hall–Kier alpha value is -3.11. The molecule has 3 aromatic heterocycles. The Morgan fingerprint density at radius 1 is 1.27 bits per heavy atom. The smallest absolute Gasteiger partial charge is 0.317 e. The van der Waals surface area contributed by atoms with Gasteiger partial charge in [-0.2, -0.15) is 28.5 Å². The zero-order chi connectivity index (χ0) is 19.1. The highest BCUT2D eigenvalue weighted by Gasteiger charge is 2.38. The number of aromatic nitrogens is 6. The molecule has 0 spiro atoms. The predicted molar refractivity (Wildman–Crippen MR) is 85.6 cm³/mol. The largest absolute Gasteiger partial charge is 0.437 e. The SMILES string of the molecule is Cc1cc(C)n(Cn2ccc(C(=O)Nc3c(C(F)(F)F)n[nH]c3C)n2)n1. The lowest BCUT2D eigenvalue weighted by Gasteiger charge is -2.08. The fourth-order valence-corrected chi connectivity index (χ4v) is 2.48. The van der Waals surface area contributed by atoms with Crippen molar-refractivity contribution in [3.05, 3.63) is 46.8 Å². The minimum atomic E-state index is -4.68. The van der Waals surface area contributed by atoms with Gasteiger partial charge in [-0.15, -0.1) is 0 Å². The second kappa shape index (κ2) is 6.32. The lowest BCUT2D eigenvalue weighted by molar-refractivity contribution is -0.140. The molecule has 0 saturated heterocycles. The van der Waals surface area contributed by atoms with Gasteiger partial charge in [-0.3, -0.25) is 14.6 Å². The molecule has 0 fully saturated rings. The van der Waals surface area contributed by atoms with Crippen molar-refractivity contribution in [1.29, 1.82) is 0 Å². The normalized spacial score (nSPS) is 11.8. The Bertz CT molecular complexity index is 951. The van der Waals surface area contributed by atoms with Crippen LogP contribution in [0, 0.1) is 20.8 Å². The number of rotatable bonds is 4. The van der Waals surface area contributed by atoms with Crippen LogP contribution in [0.1, 0.15) is 33.3 Å². The number of aromatic amines is 1. The second-order valence-corrected chi connectivity index (χ2v) is 5.83. The van der Waals surface area contributed by atoms with Crippen LogP contribution in [-0.4, -0.2) is 35.7 Å². The lowest BCUT2D eigenvalue weighted by atomic mass is 10.2. The molecular weight excluding hydrogens is 351 g/mol. The van der Waals surface area contributed by atoms with E-state index in [4.69, 9.17) is 0 Å². The summed E-state index contributed by atoms with van der Waals surface area (Å²) >= 11 is 0. The van der Waals surface area contributed by atoms with Crippen LogP contribution in [0.3, 0.4) is 0 Å². The molecule has 0 bridgehead atoms. The molecule has 3 heterocycles. The van der Waals surface area contributed by atoms with Crippen LogP contribution < -0.4 is 5.32 Å². The van der Waals surface area contributed by atoms with E-state index in [-0.39, 0.29) is 18.1 Å². The molecule has 26 heavy (non-hydrogen) atoms. The van der Waals surface area contributed by atoms with Gasteiger partial charge in [-0.05, 0) is 32.9 Å². The highest BCUT2D eigenvalue weighted by atomic mass is 19.4. The molecule has 0 aliphatic heterocycles. The quantitative estimate of drug-likeness (QED) is 0.741. The van der Waals surface area contributed by atoms with Gasteiger partial charge in [0.15, 0.2) is 11.4 Å². The van der Waals surface area contributed by atoms with Crippen LogP contribution in [0.25, 0.3) is 0 Å². The molecule has 3 aromatic rings. The summed E-state index contributed by atoms with van der Waals surface area (Å²) in [5, 5.41) is 16.0. The van der Waals surface area contributed by atoms with Crippen LogP contribution in [0.2, 0.25) is 0 Å². The summed E-state index contributed by atoms with van der Waals surface area (Å²) in [6.45, 7) is 5.42. The summed E-state index contributed by atoms with van der Waals surface area (Å²) in [4.78, 5) is 12.3. The zero-order valence-electron chi connectivity index (χ0n) is 14.2. The van der Waals surface area contributed by atoms with Crippen LogP contribution >= 0.6 is 0 Å². The topological polar surface area (TPSA) is 93.4 Å². The summed E-state index contributed by atoms with van der Waals surface area (Å²) in [5.74, 6) is -0.757. The first-order chi connectivity index (χ1) is 12.1. The summed E-state index contributed by atoms with van der Waals surface area (Å²) in [6, 6.07) is 3.32. The maximum atomic E-state index is 12.9. The van der Waals surface area contributed by atoms with Crippen molar-refractivity contribution in [2.24, 2.45) is 0 Å². The van der Waals surface area contributed by atoms with Gasteiger partial charge in [-0.1, -0.05) is 0 Å². The molecule has 0 unspecified atom stereocenters. The molecular formula is C15H16F3N7O. The molecule has 0 radical (unpaired) electrons. The third-order valence-electron chi connectivity index (χ3n) is 3.71. The number of hydrogen-bond donors (Lipinski definition) is 2. The number of nitrogens with one attached hydrogen (secondary N) is 2. The summed E-state index contributed by atoms with van der Waals surface area (Å²) in [6.07, 6.45) is -3.12. The molecule has 0 saturated carbocycles. The third-order valence-corrected chi connectivity index (χ3v) is 3.71. The first-order valence-electron chi connectivity index (χ1n) is 7.63. The monoisotopic (exact) mass is 367 g/mol. The standard InChI is InChI=1S/C15H16F3N7O/c1-8-6-9(2)25(22-8)7-24-5-4-11(23-24)14(26)19-12-10(3)20-21-13(12)15(16,17)18/h4-6H,7H2,1-3H3,(H,19,26)(H,20,21). The van der Waals surface area contributed by atoms with E-state index in [1.165, 1.54) is 17.7 Å². The maximum Gasteiger partial charge on any atom is 0.437 e. The van der Waals surface area contributed by atoms with E-state index >= 15 is 0 Å². The minimum Gasteiger partial charge on any atom is -0.317 e. The van der Waals surface area contributed by atoms with Gasteiger partial charge in [0, 0.05) is 11.9 Å². The van der Waals surface area contributed by atoms with Crippen molar-refractivity contribution in [3.63, 3.8) is 0 Å². The molecule has 0 aromatic carbocycles. The summed E-state index contributed by atoms with van der Waals surface area (Å²) < 4.78 is 42.0. The van der Waals surface area contributed by atoms with E-state index in [2.05, 4.69) is 25.7 Å². The Morgan fingerprint density at radius 2 is 2.00 bits per heavy atom. The molecule has 3 rings (SSSR count). The van der Waals surface area contributed by atoms with E-state index < -0.39 is 23.5 Å². The van der Waals surface area contributed by atoms with E-state index in [0.717, 1.165) is 11.4 Å². The molecule has 8 nitrogen and oxygen atoms in total. The Balaban J connectivity index is 1.77. The first-order valence-corrected chi connectivity index (χ1v) is 7.63. The van der Waals surface area contributed by atoms with Crippen molar-refractivity contribution in [2.45, 2.75) is 33.6 Å². The Labute approximate surface area is 146 Å². The molecule has 0 aliphatic carbocycles. The minimum absolute atomic E-state index is 0.0137. The molecule has 0 aliphatic rings. The number of hydrogen-bond acceptors (Lipinski definition) is 4. The highest BCUT2D eigenvalue weighted by molar-refractivity contribution is 6.03. The fraction of sp³-hybridized carbons (Fsp3) is 0.333. The summed E-state index contributed by atoms with van der Waals surface area (Å²) in [5.41, 5.74) is 0.282. The van der Waals surface area contributed by atoms with Gasteiger partial charge in [0.2, 0.25) is 0 Å². The van der Waals surface area contributed by atoms with Crippen molar-refractivity contribution < 1.29 is 18.0 Å². The van der Waals surface area contributed by atoms with Gasteiger partial charge >= 0.3 is 6.18 Å². The predicted octanol–water partition coefficient (Wildman–Crippen LogP) is 2.50. The highest BCUT2D eigenvalue weighted by Crippen LogP contribution is 2.34. The van der Waals surface area contributed by atoms with E-state index in [1.54, 1.807) is 10.9 Å². The number of halogens is 3. The fourth-order valence-electron chi connectivity index (χ4n) is 2.48. The van der Waals surface area contributed by atoms with Gasteiger partial charge < -0.3 is 5.32 Å². The molecule has 11 heteroatoms. The number of carbonyl (C=O) groups is 1. The van der Waals surface area contributed by atoms with Crippen LogP contribution in [0.15, 0.2) is 18.3 Å². The number of carbonyl (C=O) groups excluding carboxylic acids is 1. The number of amides is 1. The third kappa shape index (κ3) is 3.46. The number of aryl methyl sites for hydroxylation is 3. The number of alkyl halides is 3. The van der Waals surface area contributed by atoms with Gasteiger partial charge in [0.05, 0.1) is 17.1 Å². The zero-order valence-corrected chi connectivity index (χ0v) is 14.2. The lowest BCUT2D eigenvalue weighted by Crippen LogP contribution is -2.18. The van der Waals surface area contributed by atoms with Gasteiger partial charge in [-0.25, -0.2) is 4.68 Å². The number of nitrogens with zero attached hydrogens (tertiary/aromatic N) is 5. The number of H-pyrrole nitrogens is 1. The van der Waals surface area contributed by atoms with Crippen LogP contribution in [0.5, 0.6) is 0 Å². The van der Waals surface area contributed by atoms with Gasteiger partial charge in [0.25, 0.3) is 5.91 Å². The average Bonchev–Trinajstić information content (AvgIpc) is 3.21. The Morgan fingerprint density at radius 3 is 2.62 bits per heavy atom. The van der Waals surface area contributed by atoms with Crippen LogP contribution in [-0.2, 0) is 12.8 Å².